The number of anilines is 2. The fourth-order valence-electron chi connectivity index (χ4n) is 2.26. The number of hydrogen-bond donors (Lipinski definition) is 2. The summed E-state index contributed by atoms with van der Waals surface area (Å²) in [5.74, 6) is 0.898. The van der Waals surface area contributed by atoms with Crippen LogP contribution >= 0.6 is 11.6 Å². The van der Waals surface area contributed by atoms with Gasteiger partial charge in [0.2, 0.25) is 5.91 Å². The van der Waals surface area contributed by atoms with E-state index in [9.17, 15) is 4.79 Å². The van der Waals surface area contributed by atoms with E-state index < -0.39 is 0 Å². The lowest BCUT2D eigenvalue weighted by atomic mass is 10.1. The van der Waals surface area contributed by atoms with Gasteiger partial charge in [-0.2, -0.15) is 0 Å². The molecule has 0 spiro atoms. The molecule has 0 radical (unpaired) electrons. The van der Waals surface area contributed by atoms with Gasteiger partial charge in [0, 0.05) is 17.8 Å². The number of halogens is 1. The van der Waals surface area contributed by atoms with Crippen molar-refractivity contribution >= 4 is 28.9 Å². The molecule has 0 atom stereocenters. The molecule has 0 unspecified atom stereocenters. The maximum atomic E-state index is 12.2. The fraction of sp³-hybridized carbons (Fsp3) is 0.278. The second kappa shape index (κ2) is 7.93. The lowest BCUT2D eigenvalue weighted by molar-refractivity contribution is -0.114. The van der Waals surface area contributed by atoms with Gasteiger partial charge in [-0.3, -0.25) is 4.79 Å². The van der Waals surface area contributed by atoms with E-state index >= 15 is 0 Å². The van der Waals surface area contributed by atoms with Gasteiger partial charge in [0.1, 0.15) is 11.5 Å². The molecule has 2 N–H and O–H groups in total. The van der Waals surface area contributed by atoms with Crippen molar-refractivity contribution in [1.82, 2.24) is 0 Å². The monoisotopic (exact) mass is 348 g/mol. The Hall–Kier alpha value is -2.40. The summed E-state index contributed by atoms with van der Waals surface area (Å²) in [6.07, 6.45) is 0. The van der Waals surface area contributed by atoms with Gasteiger partial charge < -0.3 is 20.1 Å². The van der Waals surface area contributed by atoms with E-state index in [1.165, 1.54) is 7.11 Å². The average molecular weight is 349 g/mol. The zero-order chi connectivity index (χ0) is 17.7. The number of hydrogen-bond acceptors (Lipinski definition) is 4. The molecular formula is C18H21ClN2O3. The predicted molar refractivity (Wildman–Crippen MR) is 97.6 cm³/mol. The van der Waals surface area contributed by atoms with Crippen molar-refractivity contribution in [3.63, 3.8) is 0 Å². The van der Waals surface area contributed by atoms with E-state index in [2.05, 4.69) is 10.6 Å². The quantitative estimate of drug-likeness (QED) is 0.827. The van der Waals surface area contributed by atoms with Gasteiger partial charge in [-0.15, -0.1) is 0 Å². The molecule has 128 valence electrons. The lowest BCUT2D eigenvalue weighted by Gasteiger charge is -2.14. The normalized spacial score (nSPS) is 10.2. The van der Waals surface area contributed by atoms with Crippen molar-refractivity contribution in [2.24, 2.45) is 0 Å². The van der Waals surface area contributed by atoms with Gasteiger partial charge in [-0.25, -0.2) is 0 Å². The molecule has 6 heteroatoms. The van der Waals surface area contributed by atoms with Crippen LogP contribution in [0.2, 0.25) is 5.02 Å². The Morgan fingerprint density at radius 3 is 2.46 bits per heavy atom. The Bertz CT molecular complexity index is 747. The maximum absolute atomic E-state index is 12.2. The number of carbonyl (C=O) groups excluding carboxylic acids is 1. The summed E-state index contributed by atoms with van der Waals surface area (Å²) in [5, 5.41) is 6.39. The van der Waals surface area contributed by atoms with E-state index in [0.717, 1.165) is 16.8 Å². The molecule has 5 nitrogen and oxygen atoms in total. The largest absolute Gasteiger partial charge is 0.495 e. The molecule has 0 saturated heterocycles. The molecule has 0 saturated carbocycles. The number of rotatable bonds is 6. The third-order valence-electron chi connectivity index (χ3n) is 3.79. The number of benzene rings is 2. The third kappa shape index (κ3) is 4.11. The van der Waals surface area contributed by atoms with Crippen molar-refractivity contribution < 1.29 is 14.3 Å². The van der Waals surface area contributed by atoms with Crippen LogP contribution in [-0.4, -0.2) is 26.7 Å². The Morgan fingerprint density at radius 1 is 1.08 bits per heavy atom. The van der Waals surface area contributed by atoms with Crippen LogP contribution in [0.3, 0.4) is 0 Å². The molecule has 1 amide bonds. The van der Waals surface area contributed by atoms with Gasteiger partial charge in [0.05, 0.1) is 31.5 Å². The second-order valence-electron chi connectivity index (χ2n) is 5.34. The highest BCUT2D eigenvalue weighted by Gasteiger charge is 2.12. The van der Waals surface area contributed by atoms with Crippen molar-refractivity contribution in [3.05, 3.63) is 46.5 Å². The zero-order valence-electron chi connectivity index (χ0n) is 14.2. The molecule has 0 fully saturated rings. The van der Waals surface area contributed by atoms with E-state index in [1.807, 2.05) is 32.0 Å². The lowest BCUT2D eigenvalue weighted by Crippen LogP contribution is -2.22. The SMILES string of the molecule is COc1cc(NCC(=O)Nc2cccc(C)c2C)c(OC)cc1Cl. The second-order valence-corrected chi connectivity index (χ2v) is 5.74. The minimum atomic E-state index is -0.153. The Labute approximate surface area is 146 Å². The van der Waals surface area contributed by atoms with Crippen LogP contribution in [0.4, 0.5) is 11.4 Å². The van der Waals surface area contributed by atoms with E-state index in [1.54, 1.807) is 19.2 Å². The molecule has 2 aromatic carbocycles. The first-order valence-electron chi connectivity index (χ1n) is 7.47. The molecule has 0 heterocycles. The van der Waals surface area contributed by atoms with E-state index in [-0.39, 0.29) is 12.5 Å². The molecular weight excluding hydrogens is 328 g/mol. The number of aryl methyl sites for hydroxylation is 1. The van der Waals surface area contributed by atoms with Crippen LogP contribution in [0.15, 0.2) is 30.3 Å². The summed E-state index contributed by atoms with van der Waals surface area (Å²) in [5.41, 5.74) is 3.62. The van der Waals surface area contributed by atoms with E-state index in [4.69, 9.17) is 21.1 Å². The van der Waals surface area contributed by atoms with Crippen LogP contribution in [-0.2, 0) is 4.79 Å². The molecule has 2 rings (SSSR count). The standard InChI is InChI=1S/C18H21ClN2O3/c1-11-6-5-7-14(12(11)2)21-18(22)10-20-15-9-16(23-3)13(19)8-17(15)24-4/h5-9,20H,10H2,1-4H3,(H,21,22). The molecule has 0 bridgehead atoms. The van der Waals surface area contributed by atoms with Gasteiger partial charge in [-0.05, 0) is 31.0 Å². The van der Waals surface area contributed by atoms with Crippen LogP contribution in [0.25, 0.3) is 0 Å². The number of ether oxygens (including phenoxy) is 2. The third-order valence-corrected chi connectivity index (χ3v) is 4.09. The van der Waals surface area contributed by atoms with Gasteiger partial charge >= 0.3 is 0 Å². The van der Waals surface area contributed by atoms with Crippen LogP contribution < -0.4 is 20.1 Å². The highest BCUT2D eigenvalue weighted by Crippen LogP contribution is 2.35. The number of carbonyl (C=O) groups is 1. The van der Waals surface area contributed by atoms with E-state index in [0.29, 0.717) is 22.2 Å². The topological polar surface area (TPSA) is 59.6 Å². The van der Waals surface area contributed by atoms with Crippen molar-refractivity contribution in [1.29, 1.82) is 0 Å². The first-order valence-corrected chi connectivity index (χ1v) is 7.85. The first kappa shape index (κ1) is 17.9. The van der Waals surface area contributed by atoms with Gasteiger partial charge in [0.25, 0.3) is 0 Å². The van der Waals surface area contributed by atoms with Gasteiger partial charge in [0.15, 0.2) is 0 Å². The molecule has 0 aromatic heterocycles. The Morgan fingerprint density at radius 2 is 1.79 bits per heavy atom. The van der Waals surface area contributed by atoms with Crippen LogP contribution in [0.5, 0.6) is 11.5 Å². The van der Waals surface area contributed by atoms with Crippen LogP contribution in [0, 0.1) is 13.8 Å². The summed E-state index contributed by atoms with van der Waals surface area (Å²) < 4.78 is 10.5. The smallest absolute Gasteiger partial charge is 0.243 e. The predicted octanol–water partition coefficient (Wildman–Crippen LogP) is 4.02. The minimum absolute atomic E-state index is 0.0918. The molecule has 24 heavy (non-hydrogen) atoms. The summed E-state index contributed by atoms with van der Waals surface area (Å²) in [6, 6.07) is 9.15. The molecule has 0 aliphatic rings. The highest BCUT2D eigenvalue weighted by atomic mass is 35.5. The Balaban J connectivity index is 2.07. The number of methoxy groups -OCH3 is 2. The highest BCUT2D eigenvalue weighted by molar-refractivity contribution is 6.32. The minimum Gasteiger partial charge on any atom is -0.495 e. The fourth-order valence-corrected chi connectivity index (χ4v) is 2.49. The van der Waals surface area contributed by atoms with Crippen LogP contribution in [0.1, 0.15) is 11.1 Å². The first-order chi connectivity index (χ1) is 11.5. The summed E-state index contributed by atoms with van der Waals surface area (Å²) >= 11 is 6.07. The van der Waals surface area contributed by atoms with Crippen molar-refractivity contribution in [3.8, 4) is 11.5 Å². The molecule has 0 aliphatic heterocycles. The van der Waals surface area contributed by atoms with Gasteiger partial charge in [-0.1, -0.05) is 23.7 Å². The van der Waals surface area contributed by atoms with Crippen molar-refractivity contribution in [2.45, 2.75) is 13.8 Å². The average Bonchev–Trinajstić information content (AvgIpc) is 2.57. The summed E-state index contributed by atoms with van der Waals surface area (Å²) in [6.45, 7) is 4.08. The molecule has 0 aliphatic carbocycles. The zero-order valence-corrected chi connectivity index (χ0v) is 15.0. The summed E-state index contributed by atoms with van der Waals surface area (Å²) in [4.78, 5) is 12.2. The van der Waals surface area contributed by atoms with Crippen molar-refractivity contribution in [2.75, 3.05) is 31.4 Å². The maximum Gasteiger partial charge on any atom is 0.243 e. The summed E-state index contributed by atoms with van der Waals surface area (Å²) in [7, 11) is 3.07. The molecule has 2 aromatic rings. The number of amides is 1. The number of nitrogens with one attached hydrogen (secondary N) is 2. The Kier molecular flexibility index (Phi) is 5.93.